The molecule has 1 aliphatic rings. The fraction of sp³-hybridized carbons (Fsp3) is 0.429. The van der Waals surface area contributed by atoms with Crippen LogP contribution in [0.15, 0.2) is 24.4 Å². The Balaban J connectivity index is 2.10. The molecule has 2 aromatic rings. The Labute approximate surface area is 100 Å². The van der Waals surface area contributed by atoms with Crippen molar-refractivity contribution in [3.8, 4) is 0 Å². The molecule has 17 heavy (non-hydrogen) atoms. The lowest BCUT2D eigenvalue weighted by Crippen LogP contribution is -2.26. The maximum atomic E-state index is 13.2. The van der Waals surface area contributed by atoms with Gasteiger partial charge in [-0.3, -0.25) is 0 Å². The van der Waals surface area contributed by atoms with Crippen molar-refractivity contribution in [3.63, 3.8) is 0 Å². The molecule has 1 aromatic heterocycles. The van der Waals surface area contributed by atoms with Crippen molar-refractivity contribution >= 4 is 10.9 Å². The average Bonchev–Trinajstić information content (AvgIpc) is 2.68. The predicted molar refractivity (Wildman–Crippen MR) is 67.7 cm³/mol. The van der Waals surface area contributed by atoms with E-state index in [4.69, 9.17) is 0 Å². The number of piperidine rings is 1. The van der Waals surface area contributed by atoms with Gasteiger partial charge in [0.25, 0.3) is 0 Å². The zero-order chi connectivity index (χ0) is 11.8. The minimum atomic E-state index is -0.157. The lowest BCUT2D eigenvalue weighted by Gasteiger charge is -2.22. The van der Waals surface area contributed by atoms with Crippen molar-refractivity contribution in [2.75, 3.05) is 13.1 Å². The van der Waals surface area contributed by atoms with Gasteiger partial charge < -0.3 is 9.88 Å². The molecule has 1 saturated heterocycles. The summed E-state index contributed by atoms with van der Waals surface area (Å²) in [6.45, 7) is 2.17. The van der Waals surface area contributed by atoms with Gasteiger partial charge in [-0.05, 0) is 55.6 Å². The second kappa shape index (κ2) is 4.15. The second-order valence-corrected chi connectivity index (χ2v) is 4.88. The van der Waals surface area contributed by atoms with Crippen molar-refractivity contribution in [2.45, 2.75) is 18.8 Å². The summed E-state index contributed by atoms with van der Waals surface area (Å²) in [7, 11) is 1.99. The van der Waals surface area contributed by atoms with E-state index in [9.17, 15) is 4.39 Å². The van der Waals surface area contributed by atoms with E-state index in [0.29, 0.717) is 5.92 Å². The number of hydrogen-bond donors (Lipinski definition) is 1. The summed E-state index contributed by atoms with van der Waals surface area (Å²) in [5, 5.41) is 4.59. The van der Waals surface area contributed by atoms with E-state index in [1.54, 1.807) is 12.1 Å². The van der Waals surface area contributed by atoms with Gasteiger partial charge in [0.1, 0.15) is 5.82 Å². The standard InChI is InChI=1S/C14H17FN2/c1-17-9-13(10-4-6-16-7-5-10)12-3-2-11(15)8-14(12)17/h2-3,8-10,16H,4-7H2,1H3. The highest BCUT2D eigenvalue weighted by Gasteiger charge is 2.19. The number of rotatable bonds is 1. The van der Waals surface area contributed by atoms with E-state index in [1.165, 1.54) is 23.8 Å². The molecule has 2 nitrogen and oxygen atoms in total. The first-order valence-corrected chi connectivity index (χ1v) is 6.21. The van der Waals surface area contributed by atoms with Crippen molar-refractivity contribution in [2.24, 2.45) is 7.05 Å². The van der Waals surface area contributed by atoms with Crippen LogP contribution in [0.5, 0.6) is 0 Å². The molecule has 3 heteroatoms. The van der Waals surface area contributed by atoms with E-state index in [1.807, 2.05) is 17.7 Å². The maximum absolute atomic E-state index is 13.2. The van der Waals surface area contributed by atoms with Crippen molar-refractivity contribution in [3.05, 3.63) is 35.8 Å². The number of fused-ring (bicyclic) bond motifs is 1. The minimum absolute atomic E-state index is 0.157. The topological polar surface area (TPSA) is 17.0 Å². The van der Waals surface area contributed by atoms with Crippen LogP contribution >= 0.6 is 0 Å². The van der Waals surface area contributed by atoms with Gasteiger partial charge in [-0.25, -0.2) is 4.39 Å². The van der Waals surface area contributed by atoms with Gasteiger partial charge in [-0.1, -0.05) is 0 Å². The predicted octanol–water partition coefficient (Wildman–Crippen LogP) is 2.78. The van der Waals surface area contributed by atoms with Gasteiger partial charge in [0.05, 0.1) is 5.52 Å². The van der Waals surface area contributed by atoms with Crippen LogP contribution in [0.25, 0.3) is 10.9 Å². The summed E-state index contributed by atoms with van der Waals surface area (Å²) in [6.07, 6.45) is 4.52. The van der Waals surface area contributed by atoms with Crippen LogP contribution in [0.3, 0.4) is 0 Å². The number of aryl methyl sites for hydroxylation is 1. The summed E-state index contributed by atoms with van der Waals surface area (Å²) in [5.41, 5.74) is 2.38. The molecule has 1 aliphatic heterocycles. The largest absolute Gasteiger partial charge is 0.350 e. The molecule has 0 bridgehead atoms. The van der Waals surface area contributed by atoms with E-state index in [-0.39, 0.29) is 5.82 Å². The minimum Gasteiger partial charge on any atom is -0.350 e. The molecular weight excluding hydrogens is 215 g/mol. The molecule has 1 aromatic carbocycles. The number of hydrogen-bond acceptors (Lipinski definition) is 1. The Morgan fingerprint density at radius 3 is 2.82 bits per heavy atom. The van der Waals surface area contributed by atoms with E-state index < -0.39 is 0 Å². The van der Waals surface area contributed by atoms with Crippen molar-refractivity contribution in [1.82, 2.24) is 9.88 Å². The summed E-state index contributed by atoms with van der Waals surface area (Å²) in [4.78, 5) is 0. The van der Waals surface area contributed by atoms with Crippen LogP contribution in [0.1, 0.15) is 24.3 Å². The Morgan fingerprint density at radius 1 is 1.29 bits per heavy atom. The fourth-order valence-electron chi connectivity index (χ4n) is 2.85. The van der Waals surface area contributed by atoms with Crippen LogP contribution in [0.4, 0.5) is 4.39 Å². The summed E-state index contributed by atoms with van der Waals surface area (Å²) < 4.78 is 15.3. The van der Waals surface area contributed by atoms with E-state index in [0.717, 1.165) is 18.6 Å². The molecule has 0 atom stereocenters. The third-order valence-corrected chi connectivity index (χ3v) is 3.76. The fourth-order valence-corrected chi connectivity index (χ4v) is 2.85. The Kier molecular flexibility index (Phi) is 2.63. The van der Waals surface area contributed by atoms with Crippen LogP contribution in [-0.4, -0.2) is 17.7 Å². The molecule has 0 saturated carbocycles. The summed E-state index contributed by atoms with van der Waals surface area (Å²) in [6, 6.07) is 5.11. The van der Waals surface area contributed by atoms with E-state index >= 15 is 0 Å². The second-order valence-electron chi connectivity index (χ2n) is 4.88. The molecule has 0 radical (unpaired) electrons. The van der Waals surface area contributed by atoms with Crippen molar-refractivity contribution < 1.29 is 4.39 Å². The molecule has 1 fully saturated rings. The molecule has 0 unspecified atom stereocenters. The number of nitrogens with one attached hydrogen (secondary N) is 1. The summed E-state index contributed by atoms with van der Waals surface area (Å²) in [5.74, 6) is 0.459. The van der Waals surface area contributed by atoms with Gasteiger partial charge in [-0.15, -0.1) is 0 Å². The van der Waals surface area contributed by atoms with Crippen LogP contribution in [-0.2, 0) is 7.05 Å². The molecule has 0 aliphatic carbocycles. The van der Waals surface area contributed by atoms with Crippen LogP contribution in [0.2, 0.25) is 0 Å². The maximum Gasteiger partial charge on any atom is 0.125 e. The van der Waals surface area contributed by atoms with E-state index in [2.05, 4.69) is 11.5 Å². The van der Waals surface area contributed by atoms with Crippen molar-refractivity contribution in [1.29, 1.82) is 0 Å². The van der Waals surface area contributed by atoms with Gasteiger partial charge in [-0.2, -0.15) is 0 Å². The molecule has 2 heterocycles. The number of halogens is 1. The zero-order valence-electron chi connectivity index (χ0n) is 10.0. The zero-order valence-corrected chi connectivity index (χ0v) is 10.0. The molecular formula is C14H17FN2. The highest BCUT2D eigenvalue weighted by atomic mass is 19.1. The molecule has 1 N–H and O–H groups in total. The van der Waals surface area contributed by atoms with Gasteiger partial charge in [0, 0.05) is 18.6 Å². The number of nitrogens with zero attached hydrogens (tertiary/aromatic N) is 1. The Bertz CT molecular complexity index is 538. The molecule has 0 amide bonds. The Hall–Kier alpha value is -1.35. The van der Waals surface area contributed by atoms with Gasteiger partial charge >= 0.3 is 0 Å². The lowest BCUT2D eigenvalue weighted by atomic mass is 9.90. The van der Waals surface area contributed by atoms with Gasteiger partial charge in [0.15, 0.2) is 0 Å². The first-order chi connectivity index (χ1) is 8.25. The van der Waals surface area contributed by atoms with Crippen LogP contribution in [0, 0.1) is 5.82 Å². The smallest absolute Gasteiger partial charge is 0.125 e. The third-order valence-electron chi connectivity index (χ3n) is 3.76. The molecule has 3 rings (SSSR count). The first-order valence-electron chi connectivity index (χ1n) is 6.21. The van der Waals surface area contributed by atoms with Gasteiger partial charge in [0.2, 0.25) is 0 Å². The van der Waals surface area contributed by atoms with Crippen LogP contribution < -0.4 is 5.32 Å². The number of benzene rings is 1. The first kappa shape index (κ1) is 10.8. The molecule has 0 spiro atoms. The average molecular weight is 232 g/mol. The SMILES string of the molecule is Cn1cc(C2CCNCC2)c2ccc(F)cc21. The molecule has 90 valence electrons. The third kappa shape index (κ3) is 1.84. The summed E-state index contributed by atoms with van der Waals surface area (Å²) >= 11 is 0. The Morgan fingerprint density at radius 2 is 2.06 bits per heavy atom. The highest BCUT2D eigenvalue weighted by Crippen LogP contribution is 2.32. The normalized spacial score (nSPS) is 17.8. The highest BCUT2D eigenvalue weighted by molar-refractivity contribution is 5.84. The quantitative estimate of drug-likeness (QED) is 0.800. The lowest BCUT2D eigenvalue weighted by molar-refractivity contribution is 0.462. The number of aromatic nitrogens is 1. The monoisotopic (exact) mass is 232 g/mol.